The van der Waals surface area contributed by atoms with Crippen LogP contribution >= 0.6 is 11.3 Å². The molecule has 0 spiro atoms. The first kappa shape index (κ1) is 20.0. The number of thiazole rings is 1. The number of carbonyl (C=O) groups is 1. The Kier molecular flexibility index (Phi) is 4.95. The smallest absolute Gasteiger partial charge is 0.273 e. The van der Waals surface area contributed by atoms with Crippen molar-refractivity contribution in [2.24, 2.45) is 0 Å². The average Bonchev–Trinajstić information content (AvgIpc) is 3.55. The van der Waals surface area contributed by atoms with E-state index in [1.54, 1.807) is 33.5 Å². The Morgan fingerprint density at radius 1 is 1.06 bits per heavy atom. The van der Waals surface area contributed by atoms with E-state index in [-0.39, 0.29) is 5.91 Å². The highest BCUT2D eigenvalue weighted by Gasteiger charge is 2.20. The van der Waals surface area contributed by atoms with Gasteiger partial charge in [0.2, 0.25) is 0 Å². The molecule has 8 nitrogen and oxygen atoms in total. The van der Waals surface area contributed by atoms with Crippen LogP contribution in [0, 0.1) is 0 Å². The molecule has 0 radical (unpaired) electrons. The van der Waals surface area contributed by atoms with Gasteiger partial charge in [-0.1, -0.05) is 18.2 Å². The number of nitrogens with one attached hydrogen (secondary N) is 2. The second-order valence-electron chi connectivity index (χ2n) is 6.93. The Balaban J connectivity index is 1.44. The highest BCUT2D eigenvalue weighted by molar-refractivity contribution is 7.14. The summed E-state index contributed by atoms with van der Waals surface area (Å²) >= 11 is 1.32. The highest BCUT2D eigenvalue weighted by Crippen LogP contribution is 2.41. The number of amides is 1. The summed E-state index contributed by atoms with van der Waals surface area (Å²) in [5.74, 6) is 1.86. The summed E-state index contributed by atoms with van der Waals surface area (Å²) in [4.78, 5) is 20.5. The van der Waals surface area contributed by atoms with E-state index in [1.165, 1.54) is 11.3 Å². The van der Waals surface area contributed by atoms with E-state index in [1.807, 2.05) is 35.7 Å². The SMILES string of the molecule is COc1cc(OC)c2cc(C(=O)Nc3nc(-c4cc5ccccc5o4)cs3)[nH]c2c1OC. The molecular weight excluding hydrogens is 430 g/mol. The van der Waals surface area contributed by atoms with Crippen LogP contribution in [0.2, 0.25) is 0 Å². The first-order valence-electron chi connectivity index (χ1n) is 9.68. The van der Waals surface area contributed by atoms with Gasteiger partial charge in [0.1, 0.15) is 22.7 Å². The Labute approximate surface area is 186 Å². The molecule has 0 unspecified atom stereocenters. The van der Waals surface area contributed by atoms with Crippen LogP contribution in [0.15, 0.2) is 52.3 Å². The third-order valence-electron chi connectivity index (χ3n) is 5.09. The molecule has 5 aromatic rings. The summed E-state index contributed by atoms with van der Waals surface area (Å²) in [6, 6.07) is 13.1. The van der Waals surface area contributed by atoms with Crippen LogP contribution in [-0.2, 0) is 0 Å². The van der Waals surface area contributed by atoms with Crippen molar-refractivity contribution in [1.29, 1.82) is 0 Å². The Morgan fingerprint density at radius 3 is 2.62 bits per heavy atom. The minimum atomic E-state index is -0.338. The maximum absolute atomic E-state index is 12.9. The van der Waals surface area contributed by atoms with Crippen molar-refractivity contribution < 1.29 is 23.4 Å². The fourth-order valence-electron chi connectivity index (χ4n) is 3.58. The molecule has 0 saturated carbocycles. The molecule has 9 heteroatoms. The zero-order valence-corrected chi connectivity index (χ0v) is 18.3. The summed E-state index contributed by atoms with van der Waals surface area (Å²) in [7, 11) is 4.64. The number of carbonyl (C=O) groups excluding carboxylic acids is 1. The summed E-state index contributed by atoms with van der Waals surface area (Å²) in [5.41, 5.74) is 2.39. The molecule has 0 atom stereocenters. The van der Waals surface area contributed by atoms with E-state index in [4.69, 9.17) is 18.6 Å². The van der Waals surface area contributed by atoms with Gasteiger partial charge in [-0.2, -0.15) is 0 Å². The molecule has 32 heavy (non-hydrogen) atoms. The van der Waals surface area contributed by atoms with Gasteiger partial charge in [-0.05, 0) is 18.2 Å². The number of rotatable bonds is 6. The number of aromatic amines is 1. The normalized spacial score (nSPS) is 11.1. The quantitative estimate of drug-likeness (QED) is 0.364. The Bertz CT molecular complexity index is 1420. The van der Waals surface area contributed by atoms with Crippen LogP contribution in [0.25, 0.3) is 33.3 Å². The largest absolute Gasteiger partial charge is 0.496 e. The maximum Gasteiger partial charge on any atom is 0.273 e. The third-order valence-corrected chi connectivity index (χ3v) is 5.85. The highest BCUT2D eigenvalue weighted by atomic mass is 32.1. The fourth-order valence-corrected chi connectivity index (χ4v) is 4.27. The lowest BCUT2D eigenvalue weighted by Gasteiger charge is -2.11. The van der Waals surface area contributed by atoms with Gasteiger partial charge in [-0.15, -0.1) is 11.3 Å². The topological polar surface area (TPSA) is 98.6 Å². The van der Waals surface area contributed by atoms with Gasteiger partial charge in [0.25, 0.3) is 5.91 Å². The number of furan rings is 1. The minimum absolute atomic E-state index is 0.338. The van der Waals surface area contributed by atoms with Crippen LogP contribution in [0.3, 0.4) is 0 Å². The van der Waals surface area contributed by atoms with Crippen LogP contribution in [0.1, 0.15) is 10.5 Å². The van der Waals surface area contributed by atoms with Crippen LogP contribution in [-0.4, -0.2) is 37.2 Å². The Hall–Kier alpha value is -3.98. The molecule has 0 bridgehead atoms. The molecular formula is C23H19N3O5S. The van der Waals surface area contributed by atoms with Crippen LogP contribution in [0.4, 0.5) is 5.13 Å². The molecule has 1 amide bonds. The number of aromatic nitrogens is 2. The van der Waals surface area contributed by atoms with Crippen LogP contribution in [0.5, 0.6) is 17.2 Å². The first-order chi connectivity index (χ1) is 15.6. The van der Waals surface area contributed by atoms with Gasteiger partial charge < -0.3 is 23.6 Å². The molecule has 3 aromatic heterocycles. The van der Waals surface area contributed by atoms with E-state index in [9.17, 15) is 4.79 Å². The minimum Gasteiger partial charge on any atom is -0.496 e. The van der Waals surface area contributed by atoms with E-state index in [2.05, 4.69) is 15.3 Å². The standard InChI is InChI=1S/C23H19N3O5S/c1-28-17-10-19(29-2)21(30-3)20-13(17)9-14(24-20)22(27)26-23-25-15(11-32-23)18-8-12-6-4-5-7-16(12)31-18/h4-11,24H,1-3H3,(H,25,26,27). The lowest BCUT2D eigenvalue weighted by Crippen LogP contribution is -2.11. The zero-order chi connectivity index (χ0) is 22.2. The van der Waals surface area contributed by atoms with Crippen molar-refractivity contribution >= 4 is 44.2 Å². The maximum atomic E-state index is 12.9. The predicted molar refractivity (Wildman–Crippen MR) is 123 cm³/mol. The van der Waals surface area contributed by atoms with E-state index in [0.29, 0.717) is 50.4 Å². The summed E-state index contributed by atoms with van der Waals surface area (Å²) < 4.78 is 22.2. The Morgan fingerprint density at radius 2 is 1.88 bits per heavy atom. The zero-order valence-electron chi connectivity index (χ0n) is 17.5. The van der Waals surface area contributed by atoms with Gasteiger partial charge >= 0.3 is 0 Å². The van der Waals surface area contributed by atoms with Gasteiger partial charge in [0, 0.05) is 22.2 Å². The predicted octanol–water partition coefficient (Wildman–Crippen LogP) is 5.32. The van der Waals surface area contributed by atoms with Crippen molar-refractivity contribution in [2.75, 3.05) is 26.6 Å². The monoisotopic (exact) mass is 449 g/mol. The number of methoxy groups -OCH3 is 3. The molecule has 0 fully saturated rings. The van der Waals surface area contributed by atoms with Crippen molar-refractivity contribution in [3.05, 3.63) is 53.5 Å². The number of para-hydroxylation sites is 1. The number of H-pyrrole nitrogens is 1. The third kappa shape index (κ3) is 3.32. The molecule has 0 saturated heterocycles. The number of ether oxygens (including phenoxy) is 3. The van der Waals surface area contributed by atoms with Gasteiger partial charge in [0.05, 0.1) is 26.8 Å². The van der Waals surface area contributed by atoms with Gasteiger partial charge in [0.15, 0.2) is 22.4 Å². The number of nitrogens with zero attached hydrogens (tertiary/aromatic N) is 1. The second-order valence-corrected chi connectivity index (χ2v) is 7.78. The number of benzene rings is 2. The number of anilines is 1. The van der Waals surface area contributed by atoms with Crippen molar-refractivity contribution in [1.82, 2.24) is 9.97 Å². The molecule has 3 heterocycles. The van der Waals surface area contributed by atoms with E-state index >= 15 is 0 Å². The molecule has 2 N–H and O–H groups in total. The molecule has 0 aliphatic rings. The average molecular weight is 449 g/mol. The molecule has 0 aliphatic heterocycles. The van der Waals surface area contributed by atoms with E-state index in [0.717, 1.165) is 11.0 Å². The van der Waals surface area contributed by atoms with E-state index < -0.39 is 0 Å². The van der Waals surface area contributed by atoms with Crippen molar-refractivity contribution in [3.8, 4) is 28.7 Å². The van der Waals surface area contributed by atoms with Crippen molar-refractivity contribution in [2.45, 2.75) is 0 Å². The summed E-state index contributed by atoms with van der Waals surface area (Å²) in [6.07, 6.45) is 0. The first-order valence-corrected chi connectivity index (χ1v) is 10.6. The number of hydrogen-bond acceptors (Lipinski definition) is 7. The number of hydrogen-bond donors (Lipinski definition) is 2. The summed E-state index contributed by atoms with van der Waals surface area (Å²) in [6.45, 7) is 0. The molecule has 162 valence electrons. The summed E-state index contributed by atoms with van der Waals surface area (Å²) in [5, 5.41) is 6.83. The number of fused-ring (bicyclic) bond motifs is 2. The molecule has 5 rings (SSSR count). The lowest BCUT2D eigenvalue weighted by atomic mass is 10.2. The lowest BCUT2D eigenvalue weighted by molar-refractivity contribution is 0.102. The molecule has 2 aromatic carbocycles. The second kappa shape index (κ2) is 7.93. The molecule has 0 aliphatic carbocycles. The van der Waals surface area contributed by atoms with Gasteiger partial charge in [-0.25, -0.2) is 4.98 Å². The van der Waals surface area contributed by atoms with Crippen molar-refractivity contribution in [3.63, 3.8) is 0 Å². The fraction of sp³-hybridized carbons (Fsp3) is 0.130. The van der Waals surface area contributed by atoms with Crippen LogP contribution < -0.4 is 19.5 Å². The van der Waals surface area contributed by atoms with Gasteiger partial charge in [-0.3, -0.25) is 10.1 Å².